The van der Waals surface area contributed by atoms with Crippen molar-refractivity contribution >= 4 is 24.6 Å². The van der Waals surface area contributed by atoms with Gasteiger partial charge in [0.2, 0.25) is 0 Å². The number of rotatable bonds is 8. The Kier molecular flexibility index (Phi) is 7.47. The minimum Gasteiger partial charge on any atom is -0.293 e. The van der Waals surface area contributed by atoms with E-state index in [0.717, 1.165) is 6.54 Å². The van der Waals surface area contributed by atoms with Crippen molar-refractivity contribution in [1.29, 1.82) is 0 Å². The maximum Gasteiger partial charge on any atom is 0.114 e. The van der Waals surface area contributed by atoms with Crippen LogP contribution in [0.4, 0.5) is 0 Å². The van der Waals surface area contributed by atoms with E-state index in [1.807, 2.05) is 11.2 Å². The largest absolute Gasteiger partial charge is 0.293 e. The number of hydrogen-bond acceptors (Lipinski definition) is 2. The third kappa shape index (κ3) is 7.58. The van der Waals surface area contributed by atoms with E-state index in [1.165, 1.54) is 36.1 Å². The first kappa shape index (κ1) is 16.5. The van der Waals surface area contributed by atoms with E-state index in [0.29, 0.717) is 0 Å². The van der Waals surface area contributed by atoms with E-state index < -0.39 is 7.22 Å². The second-order valence-electron chi connectivity index (χ2n) is 5.85. The quantitative estimate of drug-likeness (QED) is 0.344. The summed E-state index contributed by atoms with van der Waals surface area (Å²) < 4.78 is 0. The second kappa shape index (κ2) is 8.59. The van der Waals surface area contributed by atoms with Crippen LogP contribution in [0, 0.1) is 0 Å². The van der Waals surface area contributed by atoms with Crippen molar-refractivity contribution < 1.29 is 0 Å². The fourth-order valence-corrected chi connectivity index (χ4v) is 5.38. The summed E-state index contributed by atoms with van der Waals surface area (Å²) in [7, 11) is -1.14. The first-order valence-electron chi connectivity index (χ1n) is 7.31. The molecule has 1 rings (SSSR count). The topological polar surface area (TPSA) is 12.4 Å². The van der Waals surface area contributed by atoms with Gasteiger partial charge in [-0.15, -0.1) is 0 Å². The van der Waals surface area contributed by atoms with Gasteiger partial charge in [-0.3, -0.25) is 4.99 Å². The van der Waals surface area contributed by atoms with Crippen LogP contribution in [0.5, 0.6) is 0 Å². The lowest BCUT2D eigenvalue weighted by molar-refractivity contribution is 0.676. The van der Waals surface area contributed by atoms with Crippen LogP contribution < -0.4 is 0 Å². The van der Waals surface area contributed by atoms with E-state index in [1.54, 1.807) is 0 Å². The smallest absolute Gasteiger partial charge is 0.114 e. The lowest BCUT2D eigenvalue weighted by Gasteiger charge is -2.16. The zero-order chi connectivity index (χ0) is 14.1. The molecule has 1 aromatic carbocycles. The monoisotopic (exact) mass is 293 g/mol. The Labute approximate surface area is 123 Å². The van der Waals surface area contributed by atoms with Gasteiger partial charge in [-0.1, -0.05) is 64.0 Å². The first-order chi connectivity index (χ1) is 9.03. The highest BCUT2D eigenvalue weighted by molar-refractivity contribution is 8.28. The van der Waals surface area contributed by atoms with Crippen LogP contribution in [0.2, 0.25) is 19.6 Å². The lowest BCUT2D eigenvalue weighted by atomic mass is 10.2. The third-order valence-corrected chi connectivity index (χ3v) is 6.41. The summed E-state index contributed by atoms with van der Waals surface area (Å²) in [4.78, 5) is 5.97. The van der Waals surface area contributed by atoms with Crippen LogP contribution in [-0.2, 0) is 0 Å². The molecule has 0 spiro atoms. The molecule has 0 heterocycles. The Hall–Kier alpha value is -0.543. The molecule has 0 saturated carbocycles. The van der Waals surface area contributed by atoms with Crippen LogP contribution in [0.3, 0.4) is 0 Å². The minimum absolute atomic E-state index is 0.964. The van der Waals surface area contributed by atoms with Gasteiger partial charge in [-0.25, -0.2) is 0 Å². The van der Waals surface area contributed by atoms with Crippen molar-refractivity contribution in [2.24, 2.45) is 4.99 Å². The zero-order valence-corrected chi connectivity index (χ0v) is 14.6. The van der Waals surface area contributed by atoms with Gasteiger partial charge in [-0.05, 0) is 12.5 Å². The normalized spacial score (nSPS) is 12.2. The minimum atomic E-state index is -1.14. The van der Waals surface area contributed by atoms with Gasteiger partial charge in [0.25, 0.3) is 0 Å². The van der Waals surface area contributed by atoms with Crippen molar-refractivity contribution in [2.75, 3.05) is 6.54 Å². The molecule has 0 bridgehead atoms. The summed E-state index contributed by atoms with van der Waals surface area (Å²) >= 11 is 2.05. The molecule has 1 nitrogen and oxygen atoms in total. The Bertz CT molecular complexity index is 396. The number of unbranched alkanes of at least 4 members (excludes halogenated alkanes) is 3. The lowest BCUT2D eigenvalue weighted by Crippen LogP contribution is -2.13. The summed E-state index contributed by atoms with van der Waals surface area (Å²) in [5, 5.41) is 0. The van der Waals surface area contributed by atoms with Gasteiger partial charge < -0.3 is 0 Å². The standard InChI is InChI=1S/C16H27NSSi/c1-5-6-7-10-13-17-14-15-11-8-9-12-16(15)18-19(2,3)4/h8-9,11-12,14H,5-7,10,13H2,1-4H3/b17-14-. The van der Waals surface area contributed by atoms with Crippen LogP contribution in [0.15, 0.2) is 34.2 Å². The molecular formula is C16H27NSSi. The van der Waals surface area contributed by atoms with Crippen molar-refractivity contribution in [3.63, 3.8) is 0 Å². The number of nitrogens with zero attached hydrogens (tertiary/aromatic N) is 1. The third-order valence-electron chi connectivity index (χ3n) is 2.71. The van der Waals surface area contributed by atoms with Gasteiger partial charge in [0.1, 0.15) is 7.22 Å². The maximum atomic E-state index is 4.58. The SMILES string of the molecule is CCCCCC/N=C\c1ccccc1S[Si](C)(C)C. The summed E-state index contributed by atoms with van der Waals surface area (Å²) in [6, 6.07) is 8.63. The predicted octanol–water partition coefficient (Wildman–Crippen LogP) is 5.61. The Morgan fingerprint density at radius 1 is 1.11 bits per heavy atom. The maximum absolute atomic E-state index is 4.58. The summed E-state index contributed by atoms with van der Waals surface area (Å²) in [5.41, 5.74) is 1.28. The van der Waals surface area contributed by atoms with Gasteiger partial charge in [-0.2, -0.15) is 11.2 Å². The van der Waals surface area contributed by atoms with Gasteiger partial charge >= 0.3 is 0 Å². The zero-order valence-electron chi connectivity index (χ0n) is 12.8. The molecule has 19 heavy (non-hydrogen) atoms. The number of hydrogen-bond donors (Lipinski definition) is 0. The molecule has 1 aromatic rings. The van der Waals surface area contributed by atoms with E-state index in [9.17, 15) is 0 Å². The molecule has 0 radical (unpaired) electrons. The molecular weight excluding hydrogens is 266 g/mol. The first-order valence-corrected chi connectivity index (χ1v) is 12.3. The number of benzene rings is 1. The van der Waals surface area contributed by atoms with Crippen LogP contribution >= 0.6 is 11.2 Å². The molecule has 0 aliphatic rings. The van der Waals surface area contributed by atoms with Crippen molar-refractivity contribution in [2.45, 2.75) is 57.1 Å². The molecule has 3 heteroatoms. The van der Waals surface area contributed by atoms with Gasteiger partial charge in [0.05, 0.1) is 0 Å². The van der Waals surface area contributed by atoms with Gasteiger partial charge in [0, 0.05) is 23.2 Å². The Balaban J connectivity index is 2.55. The van der Waals surface area contributed by atoms with Crippen molar-refractivity contribution in [3.05, 3.63) is 29.8 Å². The van der Waals surface area contributed by atoms with E-state index in [4.69, 9.17) is 0 Å². The Morgan fingerprint density at radius 2 is 1.84 bits per heavy atom. The van der Waals surface area contributed by atoms with E-state index in [-0.39, 0.29) is 0 Å². The van der Waals surface area contributed by atoms with Crippen molar-refractivity contribution in [3.8, 4) is 0 Å². The summed E-state index contributed by atoms with van der Waals surface area (Å²) in [6.45, 7) is 10.4. The molecule has 0 aliphatic heterocycles. The van der Waals surface area contributed by atoms with E-state index >= 15 is 0 Å². The van der Waals surface area contributed by atoms with E-state index in [2.05, 4.69) is 62.0 Å². The number of aliphatic imine (C=N–C) groups is 1. The second-order valence-corrected chi connectivity index (χ2v) is 15.0. The predicted molar refractivity (Wildman–Crippen MR) is 92.2 cm³/mol. The molecule has 106 valence electrons. The van der Waals surface area contributed by atoms with Crippen LogP contribution in [0.25, 0.3) is 0 Å². The average Bonchev–Trinajstić information content (AvgIpc) is 2.33. The molecule has 0 aromatic heterocycles. The van der Waals surface area contributed by atoms with Gasteiger partial charge in [0.15, 0.2) is 0 Å². The van der Waals surface area contributed by atoms with Crippen LogP contribution in [0.1, 0.15) is 38.2 Å². The highest BCUT2D eigenvalue weighted by Gasteiger charge is 2.16. The fourth-order valence-electron chi connectivity index (χ4n) is 1.80. The molecule has 0 saturated heterocycles. The fraction of sp³-hybridized carbons (Fsp3) is 0.562. The molecule has 0 atom stereocenters. The molecule has 0 amide bonds. The highest BCUT2D eigenvalue weighted by atomic mass is 32.4. The molecule has 0 fully saturated rings. The summed E-state index contributed by atoms with van der Waals surface area (Å²) in [6.07, 6.45) is 7.21. The average molecular weight is 294 g/mol. The molecule has 0 aliphatic carbocycles. The van der Waals surface area contributed by atoms with Crippen LogP contribution in [-0.4, -0.2) is 20.0 Å². The molecule has 0 N–H and O–H groups in total. The highest BCUT2D eigenvalue weighted by Crippen LogP contribution is 2.30. The Morgan fingerprint density at radius 3 is 2.53 bits per heavy atom. The summed E-state index contributed by atoms with van der Waals surface area (Å²) in [5.74, 6) is 0. The molecule has 0 unspecified atom stereocenters. The van der Waals surface area contributed by atoms with Crippen molar-refractivity contribution in [1.82, 2.24) is 0 Å².